The van der Waals surface area contributed by atoms with Gasteiger partial charge in [-0.1, -0.05) is 12.1 Å². The molecular formula is C17H17N3O3. The van der Waals surface area contributed by atoms with Crippen LogP contribution in [0.5, 0.6) is 0 Å². The molecule has 0 unspecified atom stereocenters. The highest BCUT2D eigenvalue weighted by molar-refractivity contribution is 6.34. The maximum absolute atomic E-state index is 12.5. The number of fused-ring (bicyclic) bond motifs is 1. The number of aryl methyl sites for hydroxylation is 1. The number of ether oxygens (including phenoxy) is 1. The number of anilines is 1. The van der Waals surface area contributed by atoms with Gasteiger partial charge in [0.05, 0.1) is 11.1 Å². The summed E-state index contributed by atoms with van der Waals surface area (Å²) in [4.78, 5) is 26.3. The maximum Gasteiger partial charge on any atom is 0.267 e. The summed E-state index contributed by atoms with van der Waals surface area (Å²) in [6.07, 6.45) is 1.86. The minimum absolute atomic E-state index is 0.303. The molecule has 0 aliphatic carbocycles. The average molecular weight is 311 g/mol. The van der Waals surface area contributed by atoms with E-state index in [-0.39, 0.29) is 11.8 Å². The molecule has 4 rings (SSSR count). The molecule has 0 bridgehead atoms. The highest BCUT2D eigenvalue weighted by atomic mass is 16.5. The Kier molecular flexibility index (Phi) is 3.27. The van der Waals surface area contributed by atoms with Crippen molar-refractivity contribution in [2.45, 2.75) is 18.8 Å². The molecule has 0 spiro atoms. The molecule has 1 aromatic carbocycles. The normalized spacial score (nSPS) is 18.6. The van der Waals surface area contributed by atoms with Crippen molar-refractivity contribution in [1.29, 1.82) is 0 Å². The van der Waals surface area contributed by atoms with Gasteiger partial charge >= 0.3 is 0 Å². The molecule has 0 saturated carbocycles. The van der Waals surface area contributed by atoms with Crippen LogP contribution in [-0.4, -0.2) is 34.8 Å². The summed E-state index contributed by atoms with van der Waals surface area (Å²) in [5, 5.41) is 4.41. The number of aromatic nitrogens is 2. The Morgan fingerprint density at radius 2 is 1.70 bits per heavy atom. The topological polar surface area (TPSA) is 64.4 Å². The number of hydrogen-bond acceptors (Lipinski definition) is 4. The van der Waals surface area contributed by atoms with Crippen molar-refractivity contribution in [1.82, 2.24) is 9.78 Å². The van der Waals surface area contributed by atoms with E-state index in [2.05, 4.69) is 5.10 Å². The molecule has 6 heteroatoms. The zero-order valence-corrected chi connectivity index (χ0v) is 12.9. The number of rotatable bonds is 2. The van der Waals surface area contributed by atoms with Crippen LogP contribution in [0.25, 0.3) is 0 Å². The number of hydrogen-bond donors (Lipinski definition) is 0. The molecule has 2 aliphatic rings. The fourth-order valence-electron chi connectivity index (χ4n) is 3.35. The van der Waals surface area contributed by atoms with Gasteiger partial charge in [-0.25, -0.2) is 4.90 Å². The lowest BCUT2D eigenvalue weighted by molar-refractivity contribution is 0.0837. The molecular weight excluding hydrogens is 294 g/mol. The summed E-state index contributed by atoms with van der Waals surface area (Å²) in [6, 6.07) is 8.74. The molecule has 1 saturated heterocycles. The van der Waals surface area contributed by atoms with E-state index in [4.69, 9.17) is 4.74 Å². The highest BCUT2D eigenvalue weighted by Gasteiger charge is 2.38. The summed E-state index contributed by atoms with van der Waals surface area (Å²) in [7, 11) is 1.85. The van der Waals surface area contributed by atoms with Crippen molar-refractivity contribution in [2.24, 2.45) is 7.05 Å². The second-order valence-corrected chi connectivity index (χ2v) is 5.93. The van der Waals surface area contributed by atoms with Crippen LogP contribution >= 0.6 is 0 Å². The molecule has 6 nitrogen and oxygen atoms in total. The molecule has 1 fully saturated rings. The van der Waals surface area contributed by atoms with E-state index in [1.807, 2.05) is 13.1 Å². The largest absolute Gasteiger partial charge is 0.381 e. The summed E-state index contributed by atoms with van der Waals surface area (Å²) in [6.45, 7) is 1.47. The number of carbonyl (C=O) groups is 2. The Balaban J connectivity index is 1.70. The molecule has 0 radical (unpaired) electrons. The van der Waals surface area contributed by atoms with Gasteiger partial charge in [0, 0.05) is 37.9 Å². The smallest absolute Gasteiger partial charge is 0.267 e. The SMILES string of the molecule is Cn1nc(N2C(=O)c3ccccc3C2=O)cc1C1CCOCC1. The van der Waals surface area contributed by atoms with Crippen molar-refractivity contribution in [3.8, 4) is 0 Å². The van der Waals surface area contributed by atoms with Crippen molar-refractivity contribution in [3.63, 3.8) is 0 Å². The second kappa shape index (κ2) is 5.31. The first-order chi connectivity index (χ1) is 11.2. The third-order valence-electron chi connectivity index (χ3n) is 4.57. The fraction of sp³-hybridized carbons (Fsp3) is 0.353. The zero-order chi connectivity index (χ0) is 16.0. The molecule has 1 aromatic heterocycles. The summed E-state index contributed by atoms with van der Waals surface area (Å²) in [5.74, 6) is 0.148. The Morgan fingerprint density at radius 3 is 2.30 bits per heavy atom. The van der Waals surface area contributed by atoms with E-state index < -0.39 is 0 Å². The van der Waals surface area contributed by atoms with E-state index >= 15 is 0 Å². The van der Waals surface area contributed by atoms with Gasteiger partial charge in [-0.2, -0.15) is 5.10 Å². The monoisotopic (exact) mass is 311 g/mol. The standard InChI is InChI=1S/C17H17N3O3/c1-19-14(11-6-8-23-9-7-11)10-15(18-19)20-16(21)12-4-2-3-5-13(12)17(20)22/h2-5,10-11H,6-9H2,1H3. The van der Waals surface area contributed by atoms with Gasteiger partial charge in [-0.05, 0) is 25.0 Å². The average Bonchev–Trinajstić information content (AvgIpc) is 3.07. The molecule has 0 N–H and O–H groups in total. The Hall–Kier alpha value is -2.47. The molecule has 0 atom stereocenters. The molecule has 3 heterocycles. The fourth-order valence-corrected chi connectivity index (χ4v) is 3.35. The number of amides is 2. The predicted molar refractivity (Wildman–Crippen MR) is 83.6 cm³/mol. The lowest BCUT2D eigenvalue weighted by Crippen LogP contribution is -2.29. The number of carbonyl (C=O) groups excluding carboxylic acids is 2. The third-order valence-corrected chi connectivity index (χ3v) is 4.57. The lowest BCUT2D eigenvalue weighted by Gasteiger charge is -2.21. The molecule has 2 amide bonds. The van der Waals surface area contributed by atoms with Crippen molar-refractivity contribution < 1.29 is 14.3 Å². The summed E-state index contributed by atoms with van der Waals surface area (Å²) >= 11 is 0. The van der Waals surface area contributed by atoms with Crippen LogP contribution in [0.2, 0.25) is 0 Å². The van der Waals surface area contributed by atoms with Gasteiger partial charge in [-0.3, -0.25) is 14.3 Å². The van der Waals surface area contributed by atoms with Crippen LogP contribution in [0.3, 0.4) is 0 Å². The lowest BCUT2D eigenvalue weighted by atomic mass is 9.96. The number of benzene rings is 1. The van der Waals surface area contributed by atoms with Crippen LogP contribution in [0.15, 0.2) is 30.3 Å². The van der Waals surface area contributed by atoms with E-state index in [0.29, 0.717) is 22.9 Å². The molecule has 2 aliphatic heterocycles. The van der Waals surface area contributed by atoms with E-state index in [1.165, 1.54) is 4.90 Å². The summed E-state index contributed by atoms with van der Waals surface area (Å²) in [5.41, 5.74) is 1.92. The molecule has 118 valence electrons. The van der Waals surface area contributed by atoms with E-state index in [1.54, 1.807) is 28.9 Å². The quantitative estimate of drug-likeness (QED) is 0.797. The van der Waals surface area contributed by atoms with E-state index in [0.717, 1.165) is 31.7 Å². The minimum Gasteiger partial charge on any atom is -0.381 e. The summed E-state index contributed by atoms with van der Waals surface area (Å²) < 4.78 is 7.17. The first kappa shape index (κ1) is 14.1. The minimum atomic E-state index is -0.303. The number of imide groups is 1. The van der Waals surface area contributed by atoms with Gasteiger partial charge in [0.1, 0.15) is 0 Å². The predicted octanol–water partition coefficient (Wildman–Crippen LogP) is 2.11. The van der Waals surface area contributed by atoms with E-state index in [9.17, 15) is 9.59 Å². The second-order valence-electron chi connectivity index (χ2n) is 5.93. The van der Waals surface area contributed by atoms with Gasteiger partial charge in [0.2, 0.25) is 0 Å². The third kappa shape index (κ3) is 2.17. The highest BCUT2D eigenvalue weighted by Crippen LogP contribution is 2.32. The Morgan fingerprint density at radius 1 is 1.09 bits per heavy atom. The van der Waals surface area contributed by atoms with Crippen LogP contribution in [0, 0.1) is 0 Å². The van der Waals surface area contributed by atoms with Gasteiger partial charge in [-0.15, -0.1) is 0 Å². The molecule has 23 heavy (non-hydrogen) atoms. The zero-order valence-electron chi connectivity index (χ0n) is 12.9. The first-order valence-electron chi connectivity index (χ1n) is 7.76. The Bertz CT molecular complexity index is 755. The maximum atomic E-state index is 12.5. The van der Waals surface area contributed by atoms with Crippen LogP contribution < -0.4 is 4.90 Å². The van der Waals surface area contributed by atoms with Gasteiger partial charge in [0.25, 0.3) is 11.8 Å². The van der Waals surface area contributed by atoms with Crippen molar-refractivity contribution >= 4 is 17.6 Å². The van der Waals surface area contributed by atoms with Crippen LogP contribution in [0.4, 0.5) is 5.82 Å². The Labute approximate surface area is 133 Å². The van der Waals surface area contributed by atoms with Gasteiger partial charge in [0.15, 0.2) is 5.82 Å². The number of nitrogens with zero attached hydrogens (tertiary/aromatic N) is 3. The van der Waals surface area contributed by atoms with Crippen LogP contribution in [0.1, 0.15) is 45.2 Å². The van der Waals surface area contributed by atoms with Crippen molar-refractivity contribution in [2.75, 3.05) is 18.1 Å². The van der Waals surface area contributed by atoms with Crippen LogP contribution in [-0.2, 0) is 11.8 Å². The van der Waals surface area contributed by atoms with Crippen molar-refractivity contribution in [3.05, 3.63) is 47.2 Å². The van der Waals surface area contributed by atoms with Gasteiger partial charge < -0.3 is 4.74 Å². The molecule has 2 aromatic rings. The first-order valence-corrected chi connectivity index (χ1v) is 7.76.